The fraction of sp³-hybridized carbons (Fsp3) is 0.250. The van der Waals surface area contributed by atoms with E-state index < -0.39 is 5.82 Å². The van der Waals surface area contributed by atoms with E-state index in [9.17, 15) is 9.18 Å². The highest BCUT2D eigenvalue weighted by Crippen LogP contribution is 2.34. The molecule has 27 heavy (non-hydrogen) atoms. The van der Waals surface area contributed by atoms with Gasteiger partial charge in [0.2, 0.25) is 17.6 Å². The molecule has 0 spiro atoms. The van der Waals surface area contributed by atoms with Crippen molar-refractivity contribution in [2.24, 2.45) is 0 Å². The lowest BCUT2D eigenvalue weighted by Gasteiger charge is -2.22. The molecule has 138 valence electrons. The highest BCUT2D eigenvalue weighted by Gasteiger charge is 2.36. The minimum Gasteiger partial charge on any atom is -0.337 e. The van der Waals surface area contributed by atoms with E-state index in [1.54, 1.807) is 11.0 Å². The summed E-state index contributed by atoms with van der Waals surface area (Å²) in [5.41, 5.74) is 2.66. The number of likely N-dealkylation sites (tertiary alicyclic amines) is 1. The van der Waals surface area contributed by atoms with Crippen LogP contribution in [0.5, 0.6) is 0 Å². The Kier molecular flexibility index (Phi) is 4.66. The first-order chi connectivity index (χ1) is 13.0. The molecule has 1 unspecified atom stereocenters. The minimum atomic E-state index is -0.544. The zero-order chi connectivity index (χ0) is 19.0. The molecule has 2 aromatic carbocycles. The van der Waals surface area contributed by atoms with Gasteiger partial charge in [0.1, 0.15) is 11.9 Å². The van der Waals surface area contributed by atoms with Gasteiger partial charge in [-0.15, -0.1) is 0 Å². The Morgan fingerprint density at radius 1 is 1.30 bits per heavy atom. The van der Waals surface area contributed by atoms with Gasteiger partial charge in [0.25, 0.3) is 0 Å². The average Bonchev–Trinajstić information content (AvgIpc) is 3.25. The van der Waals surface area contributed by atoms with E-state index in [2.05, 4.69) is 16.2 Å². The molecule has 7 heteroatoms. The summed E-state index contributed by atoms with van der Waals surface area (Å²) in [6.07, 6.45) is 1.05. The van der Waals surface area contributed by atoms with Crippen LogP contribution in [0, 0.1) is 12.7 Å². The number of nitrogens with zero attached hydrogens (tertiary/aromatic N) is 3. The Morgan fingerprint density at radius 2 is 2.15 bits per heavy atom. The quantitative estimate of drug-likeness (QED) is 0.653. The third kappa shape index (κ3) is 3.57. The molecule has 1 atom stereocenters. The summed E-state index contributed by atoms with van der Waals surface area (Å²) in [6, 6.07) is 12.1. The molecule has 1 fully saturated rings. The fourth-order valence-corrected chi connectivity index (χ4v) is 3.44. The van der Waals surface area contributed by atoms with Gasteiger partial charge in [-0.25, -0.2) is 4.39 Å². The van der Waals surface area contributed by atoms with Gasteiger partial charge in [-0.2, -0.15) is 4.98 Å². The SMILES string of the molecule is Cc1cccc(CN2C(=O)CCC2c2nc(-c3ccc(Cl)c(F)c3)no2)c1. The zero-order valence-corrected chi connectivity index (χ0v) is 15.4. The number of aromatic nitrogens is 2. The van der Waals surface area contributed by atoms with E-state index in [1.165, 1.54) is 12.1 Å². The molecule has 5 nitrogen and oxygen atoms in total. The third-order valence-electron chi connectivity index (χ3n) is 4.67. The monoisotopic (exact) mass is 385 g/mol. The maximum atomic E-state index is 13.7. The second-order valence-corrected chi connectivity index (χ2v) is 7.06. The van der Waals surface area contributed by atoms with E-state index in [0.717, 1.165) is 11.1 Å². The van der Waals surface area contributed by atoms with E-state index in [0.29, 0.717) is 30.8 Å². The van der Waals surface area contributed by atoms with E-state index in [-0.39, 0.29) is 22.8 Å². The van der Waals surface area contributed by atoms with Gasteiger partial charge < -0.3 is 9.42 Å². The Labute approximate surface area is 160 Å². The molecule has 1 saturated heterocycles. The fourth-order valence-electron chi connectivity index (χ4n) is 3.32. The topological polar surface area (TPSA) is 59.2 Å². The number of halogens is 2. The van der Waals surface area contributed by atoms with Gasteiger partial charge in [-0.1, -0.05) is 46.6 Å². The summed E-state index contributed by atoms with van der Waals surface area (Å²) in [5.74, 6) is 0.144. The number of benzene rings is 2. The van der Waals surface area contributed by atoms with Crippen LogP contribution in [0.4, 0.5) is 4.39 Å². The summed E-state index contributed by atoms with van der Waals surface area (Å²) < 4.78 is 19.1. The van der Waals surface area contributed by atoms with Crippen LogP contribution in [0.25, 0.3) is 11.4 Å². The maximum Gasteiger partial charge on any atom is 0.249 e. The molecule has 0 saturated carbocycles. The van der Waals surface area contributed by atoms with E-state index >= 15 is 0 Å². The number of carbonyl (C=O) groups excluding carboxylic acids is 1. The van der Waals surface area contributed by atoms with Crippen LogP contribution in [0.15, 0.2) is 47.0 Å². The second kappa shape index (κ2) is 7.12. The highest BCUT2D eigenvalue weighted by molar-refractivity contribution is 6.30. The Morgan fingerprint density at radius 3 is 2.93 bits per heavy atom. The van der Waals surface area contributed by atoms with Gasteiger partial charge in [0, 0.05) is 18.5 Å². The summed E-state index contributed by atoms with van der Waals surface area (Å²) in [4.78, 5) is 18.5. The Balaban J connectivity index is 1.59. The van der Waals surface area contributed by atoms with Crippen LogP contribution >= 0.6 is 11.6 Å². The highest BCUT2D eigenvalue weighted by atomic mass is 35.5. The van der Waals surface area contributed by atoms with Crippen LogP contribution in [-0.2, 0) is 11.3 Å². The van der Waals surface area contributed by atoms with Crippen LogP contribution < -0.4 is 0 Å². The van der Waals surface area contributed by atoms with Gasteiger partial charge in [0.15, 0.2) is 0 Å². The van der Waals surface area contributed by atoms with Gasteiger partial charge in [0.05, 0.1) is 5.02 Å². The first-order valence-corrected chi connectivity index (χ1v) is 9.03. The molecule has 0 aliphatic carbocycles. The predicted octanol–water partition coefficient (Wildman–Crippen LogP) is 4.70. The molecular weight excluding hydrogens is 369 g/mol. The number of hydrogen-bond donors (Lipinski definition) is 0. The van der Waals surface area contributed by atoms with Crippen molar-refractivity contribution in [1.29, 1.82) is 0 Å². The first-order valence-electron chi connectivity index (χ1n) is 8.65. The summed E-state index contributed by atoms with van der Waals surface area (Å²) in [6.45, 7) is 2.50. The molecule has 4 rings (SSSR count). The third-order valence-corrected chi connectivity index (χ3v) is 4.97. The molecule has 3 aromatic rings. The Bertz CT molecular complexity index is 1000. The molecule has 0 bridgehead atoms. The molecule has 1 aliphatic rings. The summed E-state index contributed by atoms with van der Waals surface area (Å²) in [5, 5.41) is 3.98. The minimum absolute atomic E-state index is 0.0354. The molecule has 1 aliphatic heterocycles. The van der Waals surface area contributed by atoms with Gasteiger partial charge >= 0.3 is 0 Å². The van der Waals surface area contributed by atoms with Crippen molar-refractivity contribution < 1.29 is 13.7 Å². The average molecular weight is 386 g/mol. The normalized spacial score (nSPS) is 16.9. The van der Waals surface area contributed by atoms with Crippen LogP contribution in [0.2, 0.25) is 5.02 Å². The number of hydrogen-bond acceptors (Lipinski definition) is 4. The molecule has 1 aromatic heterocycles. The van der Waals surface area contributed by atoms with Crippen molar-refractivity contribution in [2.75, 3.05) is 0 Å². The van der Waals surface area contributed by atoms with E-state index in [4.69, 9.17) is 16.1 Å². The molecular formula is C20H17ClFN3O2. The first kappa shape index (κ1) is 17.7. The lowest BCUT2D eigenvalue weighted by atomic mass is 10.1. The second-order valence-electron chi connectivity index (χ2n) is 6.65. The summed E-state index contributed by atoms with van der Waals surface area (Å²) in [7, 11) is 0. The largest absolute Gasteiger partial charge is 0.337 e. The van der Waals surface area contributed by atoms with Crippen molar-refractivity contribution >= 4 is 17.5 Å². The molecule has 0 radical (unpaired) electrons. The van der Waals surface area contributed by atoms with Crippen molar-refractivity contribution in [2.45, 2.75) is 32.4 Å². The number of amides is 1. The van der Waals surface area contributed by atoms with Crippen LogP contribution in [0.3, 0.4) is 0 Å². The standard InChI is InChI=1S/C20H17ClFN3O2/c1-12-3-2-4-13(9-12)11-25-17(7-8-18(25)26)20-23-19(24-27-20)14-5-6-15(21)16(22)10-14/h2-6,9-10,17H,7-8,11H2,1H3. The smallest absolute Gasteiger partial charge is 0.249 e. The van der Waals surface area contributed by atoms with Crippen LogP contribution in [-0.4, -0.2) is 20.9 Å². The van der Waals surface area contributed by atoms with Crippen LogP contribution in [0.1, 0.15) is 35.9 Å². The molecule has 2 heterocycles. The number of aryl methyl sites for hydroxylation is 1. The lowest BCUT2D eigenvalue weighted by molar-refractivity contribution is -0.129. The lowest BCUT2D eigenvalue weighted by Crippen LogP contribution is -2.27. The predicted molar refractivity (Wildman–Crippen MR) is 98.4 cm³/mol. The number of rotatable bonds is 4. The number of carbonyl (C=O) groups is 1. The summed E-state index contributed by atoms with van der Waals surface area (Å²) >= 11 is 5.72. The van der Waals surface area contributed by atoms with Crippen molar-refractivity contribution in [3.8, 4) is 11.4 Å². The maximum absolute atomic E-state index is 13.7. The van der Waals surface area contributed by atoms with Crippen molar-refractivity contribution in [1.82, 2.24) is 15.0 Å². The van der Waals surface area contributed by atoms with Gasteiger partial charge in [-0.3, -0.25) is 4.79 Å². The zero-order valence-electron chi connectivity index (χ0n) is 14.7. The van der Waals surface area contributed by atoms with Crippen molar-refractivity contribution in [3.63, 3.8) is 0 Å². The van der Waals surface area contributed by atoms with Crippen molar-refractivity contribution in [3.05, 3.63) is 70.3 Å². The van der Waals surface area contributed by atoms with E-state index in [1.807, 2.05) is 25.1 Å². The molecule has 1 amide bonds. The van der Waals surface area contributed by atoms with Gasteiger partial charge in [-0.05, 0) is 37.1 Å². The molecule has 0 N–H and O–H groups in total. The Hall–Kier alpha value is -2.73.